The minimum absolute atomic E-state index is 0.267. The largest absolute Gasteiger partial charge is 0.465 e. The third-order valence-corrected chi connectivity index (χ3v) is 6.60. The summed E-state index contributed by atoms with van der Waals surface area (Å²) in [4.78, 5) is 25.3. The molecule has 1 aromatic heterocycles. The first-order valence-electron chi connectivity index (χ1n) is 12.0. The Morgan fingerprint density at radius 3 is 1.81 bits per heavy atom. The van der Waals surface area contributed by atoms with Crippen LogP contribution in [0.3, 0.4) is 0 Å². The number of anilines is 2. The highest BCUT2D eigenvalue weighted by atomic mass is 16.4. The number of hydrogen-bond acceptors (Lipinski definition) is 4. The fourth-order valence-electron chi connectivity index (χ4n) is 4.74. The second kappa shape index (κ2) is 10.1. The van der Waals surface area contributed by atoms with Crippen molar-refractivity contribution in [1.29, 1.82) is 0 Å². The number of likely N-dealkylation sites (tertiary alicyclic amines) is 1. The van der Waals surface area contributed by atoms with Crippen molar-refractivity contribution < 1.29 is 14.7 Å². The molecule has 9 nitrogen and oxygen atoms in total. The molecule has 1 aliphatic rings. The maximum atomic E-state index is 12.9. The molecule has 4 N–H and O–H groups in total. The van der Waals surface area contributed by atoms with E-state index in [2.05, 4.69) is 57.4 Å². The molecular weight excluding hydrogens is 468 g/mol. The molecule has 2 heterocycles. The number of rotatable bonds is 7. The molecule has 1 aliphatic heterocycles. The quantitative estimate of drug-likeness (QED) is 0.285. The molecule has 0 radical (unpaired) electrons. The fourth-order valence-corrected chi connectivity index (χ4v) is 4.74. The molecule has 3 amide bonds. The molecule has 9 heteroatoms. The Kier molecular flexibility index (Phi) is 6.51. The lowest BCUT2D eigenvalue weighted by atomic mass is 9.77. The fraction of sp³-hybridized carbons (Fsp3) is 0.179. The lowest BCUT2D eigenvalue weighted by molar-refractivity contribution is 0.137. The van der Waals surface area contributed by atoms with E-state index in [1.807, 2.05) is 61.6 Å². The van der Waals surface area contributed by atoms with E-state index in [9.17, 15) is 9.59 Å². The Labute approximate surface area is 214 Å². The van der Waals surface area contributed by atoms with E-state index in [0.717, 1.165) is 16.7 Å². The Morgan fingerprint density at radius 2 is 1.35 bits per heavy atom. The first kappa shape index (κ1) is 23.9. The van der Waals surface area contributed by atoms with E-state index >= 15 is 0 Å². The molecule has 37 heavy (non-hydrogen) atoms. The van der Waals surface area contributed by atoms with Gasteiger partial charge in [0.25, 0.3) is 0 Å². The second-order valence-electron chi connectivity index (χ2n) is 8.99. The summed E-state index contributed by atoms with van der Waals surface area (Å²) in [6.07, 6.45) is 0.515. The second-order valence-corrected chi connectivity index (χ2v) is 8.99. The third-order valence-electron chi connectivity index (χ3n) is 6.60. The number of nitrogens with one attached hydrogen (secondary N) is 3. The van der Waals surface area contributed by atoms with Crippen LogP contribution in [0.5, 0.6) is 0 Å². The van der Waals surface area contributed by atoms with Gasteiger partial charge in [0.1, 0.15) is 17.0 Å². The number of carboxylic acid groups (broad SMARTS) is 1. The van der Waals surface area contributed by atoms with Gasteiger partial charge in [0, 0.05) is 20.1 Å². The van der Waals surface area contributed by atoms with Gasteiger partial charge in [0.05, 0.1) is 12.2 Å². The molecule has 0 unspecified atom stereocenters. The number of benzene rings is 3. The van der Waals surface area contributed by atoms with E-state index in [1.165, 1.54) is 0 Å². The number of amides is 3. The maximum absolute atomic E-state index is 12.9. The van der Waals surface area contributed by atoms with Gasteiger partial charge in [-0.05, 0) is 16.7 Å². The van der Waals surface area contributed by atoms with Gasteiger partial charge in [-0.3, -0.25) is 4.68 Å². The first-order chi connectivity index (χ1) is 18.0. The molecule has 0 saturated carbocycles. The average Bonchev–Trinajstić information content (AvgIpc) is 3.24. The molecule has 0 atom stereocenters. The minimum Gasteiger partial charge on any atom is -0.465 e. The van der Waals surface area contributed by atoms with Gasteiger partial charge >= 0.3 is 12.1 Å². The Morgan fingerprint density at radius 1 is 0.865 bits per heavy atom. The summed E-state index contributed by atoms with van der Waals surface area (Å²) >= 11 is 0. The monoisotopic (exact) mass is 496 g/mol. The van der Waals surface area contributed by atoms with Gasteiger partial charge in [0.2, 0.25) is 0 Å². The predicted molar refractivity (Wildman–Crippen MR) is 142 cm³/mol. The van der Waals surface area contributed by atoms with Gasteiger partial charge < -0.3 is 26.0 Å². The third kappa shape index (κ3) is 4.71. The number of nitrogens with zero attached hydrogens (tertiary/aromatic N) is 3. The first-order valence-corrected chi connectivity index (χ1v) is 12.0. The zero-order valence-corrected chi connectivity index (χ0v) is 20.3. The molecule has 188 valence electrons. The zero-order valence-electron chi connectivity index (χ0n) is 20.3. The molecule has 4 aromatic rings. The van der Waals surface area contributed by atoms with Gasteiger partial charge in [0.15, 0.2) is 0 Å². The van der Waals surface area contributed by atoms with Crippen molar-refractivity contribution in [2.75, 3.05) is 23.7 Å². The highest BCUT2D eigenvalue weighted by Crippen LogP contribution is 2.41. The summed E-state index contributed by atoms with van der Waals surface area (Å²) in [5.74, 6) is 0.630. The van der Waals surface area contributed by atoms with Crippen molar-refractivity contribution >= 4 is 23.6 Å². The standard InChI is InChI=1S/C28H28N6O3/c1-33-25(24(17-29-33)31-26(35)34-18-23(19-34)30-27(36)37)32-28(20-11-5-2-6-12-20,21-13-7-3-8-14-21)22-15-9-4-10-16-22/h2-17,23,30,32H,18-19H2,1H3,(H,31,35)(H,36,37). The number of carbonyl (C=O) groups is 2. The Hall–Kier alpha value is -4.79. The number of urea groups is 1. The van der Waals surface area contributed by atoms with Crippen LogP contribution < -0.4 is 16.0 Å². The van der Waals surface area contributed by atoms with Crippen LogP contribution in [0, 0.1) is 0 Å². The summed E-state index contributed by atoms with van der Waals surface area (Å²) in [5.41, 5.74) is 2.81. The lowest BCUT2D eigenvalue weighted by Gasteiger charge is -2.39. The van der Waals surface area contributed by atoms with Gasteiger partial charge in [-0.2, -0.15) is 5.10 Å². The van der Waals surface area contributed by atoms with E-state index in [0.29, 0.717) is 24.6 Å². The minimum atomic E-state index is -1.09. The van der Waals surface area contributed by atoms with Crippen LogP contribution >= 0.6 is 0 Å². The van der Waals surface area contributed by atoms with Crippen molar-refractivity contribution in [2.24, 2.45) is 7.05 Å². The Bertz CT molecular complexity index is 1270. The normalized spacial score (nSPS) is 13.5. The molecular formula is C28H28N6O3. The SMILES string of the molecule is Cn1ncc(NC(=O)N2CC(NC(=O)O)C2)c1NC(c1ccccc1)(c1ccccc1)c1ccccc1. The van der Waals surface area contributed by atoms with Crippen molar-refractivity contribution in [3.63, 3.8) is 0 Å². The molecule has 0 spiro atoms. The molecule has 1 saturated heterocycles. The molecule has 0 bridgehead atoms. The molecule has 0 aliphatic carbocycles. The van der Waals surface area contributed by atoms with E-state index in [4.69, 9.17) is 5.11 Å². The van der Waals surface area contributed by atoms with Crippen molar-refractivity contribution in [3.8, 4) is 0 Å². The number of aromatic nitrogens is 2. The molecule has 5 rings (SSSR count). The predicted octanol–water partition coefficient (Wildman–Crippen LogP) is 4.31. The number of carbonyl (C=O) groups excluding carboxylic acids is 1. The smallest absolute Gasteiger partial charge is 0.405 e. The van der Waals surface area contributed by atoms with Crippen LogP contribution in [0.4, 0.5) is 21.1 Å². The number of hydrogen-bond donors (Lipinski definition) is 4. The summed E-state index contributed by atoms with van der Waals surface area (Å²) in [5, 5.41) is 22.4. The molecule has 1 fully saturated rings. The lowest BCUT2D eigenvalue weighted by Crippen LogP contribution is -2.61. The summed E-state index contributed by atoms with van der Waals surface area (Å²) in [7, 11) is 1.82. The maximum Gasteiger partial charge on any atom is 0.405 e. The summed E-state index contributed by atoms with van der Waals surface area (Å²) in [6.45, 7) is 0.617. The van der Waals surface area contributed by atoms with Crippen molar-refractivity contribution in [3.05, 3.63) is 114 Å². The average molecular weight is 497 g/mol. The van der Waals surface area contributed by atoms with E-state index in [-0.39, 0.29) is 12.1 Å². The van der Waals surface area contributed by atoms with Gasteiger partial charge in [-0.15, -0.1) is 0 Å². The number of aryl methyl sites for hydroxylation is 1. The highest BCUT2D eigenvalue weighted by molar-refractivity contribution is 5.93. The van der Waals surface area contributed by atoms with Gasteiger partial charge in [-0.1, -0.05) is 91.0 Å². The highest BCUT2D eigenvalue weighted by Gasteiger charge is 2.38. The molecule has 3 aromatic carbocycles. The van der Waals surface area contributed by atoms with Crippen molar-refractivity contribution in [2.45, 2.75) is 11.6 Å². The van der Waals surface area contributed by atoms with Crippen LogP contribution in [0.1, 0.15) is 16.7 Å². The zero-order chi connectivity index (χ0) is 25.8. The Balaban J connectivity index is 1.53. The summed E-state index contributed by atoms with van der Waals surface area (Å²) < 4.78 is 1.70. The van der Waals surface area contributed by atoms with E-state index in [1.54, 1.807) is 15.8 Å². The van der Waals surface area contributed by atoms with Crippen LogP contribution in [0.2, 0.25) is 0 Å². The van der Waals surface area contributed by atoms with E-state index < -0.39 is 11.6 Å². The van der Waals surface area contributed by atoms with Crippen LogP contribution in [-0.4, -0.2) is 51.0 Å². The van der Waals surface area contributed by atoms with Gasteiger partial charge in [-0.25, -0.2) is 9.59 Å². The van der Waals surface area contributed by atoms with Crippen LogP contribution in [0.25, 0.3) is 0 Å². The topological polar surface area (TPSA) is 112 Å². The van der Waals surface area contributed by atoms with Crippen LogP contribution in [0.15, 0.2) is 97.2 Å². The van der Waals surface area contributed by atoms with Crippen LogP contribution in [-0.2, 0) is 12.6 Å². The van der Waals surface area contributed by atoms with Crippen molar-refractivity contribution in [1.82, 2.24) is 20.0 Å². The summed E-state index contributed by atoms with van der Waals surface area (Å²) in [6, 6.07) is 29.9.